The summed E-state index contributed by atoms with van der Waals surface area (Å²) in [6, 6.07) is 5.70. The Bertz CT molecular complexity index is 269. The van der Waals surface area contributed by atoms with Crippen molar-refractivity contribution in [1.29, 1.82) is 0 Å². The highest BCUT2D eigenvalue weighted by atomic mass is 32.2. The highest BCUT2D eigenvalue weighted by Crippen LogP contribution is 2.19. The molecule has 2 nitrogen and oxygen atoms in total. The van der Waals surface area contributed by atoms with Crippen molar-refractivity contribution in [2.75, 3.05) is 12.5 Å². The zero-order chi connectivity index (χ0) is 9.84. The lowest BCUT2D eigenvalue weighted by molar-refractivity contribution is 0.424. The fourth-order valence-corrected chi connectivity index (χ4v) is 2.50. The Kier molecular flexibility index (Phi) is 4.19. The normalized spacial score (nSPS) is 10.2. The van der Waals surface area contributed by atoms with E-state index in [9.17, 15) is 10.0 Å². The Balaban J connectivity index is 3.21. The number of thioether (sulfide) groups is 2. The second kappa shape index (κ2) is 4.95. The molecule has 0 radical (unpaired) electrons. The number of hydrogen-bond donors (Lipinski definition) is 2. The zero-order valence-electron chi connectivity index (χ0n) is 7.52. The van der Waals surface area contributed by atoms with E-state index >= 15 is 0 Å². The van der Waals surface area contributed by atoms with Gasteiger partial charge >= 0.3 is 7.12 Å². The van der Waals surface area contributed by atoms with Crippen LogP contribution in [0.3, 0.4) is 0 Å². The molecule has 13 heavy (non-hydrogen) atoms. The van der Waals surface area contributed by atoms with Crippen LogP contribution >= 0.6 is 23.5 Å². The van der Waals surface area contributed by atoms with Crippen molar-refractivity contribution >= 4 is 36.1 Å². The maximum absolute atomic E-state index is 9.18. The maximum atomic E-state index is 9.18. The lowest BCUT2D eigenvalue weighted by Gasteiger charge is -2.10. The van der Waals surface area contributed by atoms with Crippen molar-refractivity contribution in [1.82, 2.24) is 0 Å². The molecule has 0 bridgehead atoms. The van der Waals surface area contributed by atoms with Gasteiger partial charge in [0.05, 0.1) is 0 Å². The number of rotatable bonds is 3. The average Bonchev–Trinajstić information content (AvgIpc) is 2.16. The Morgan fingerprint density at radius 1 is 1.08 bits per heavy atom. The molecule has 0 saturated heterocycles. The van der Waals surface area contributed by atoms with E-state index in [1.165, 1.54) is 23.5 Å². The molecule has 0 spiro atoms. The first kappa shape index (κ1) is 11.0. The molecule has 5 heteroatoms. The third kappa shape index (κ3) is 2.43. The lowest BCUT2D eigenvalue weighted by atomic mass is 9.80. The molecule has 70 valence electrons. The largest absolute Gasteiger partial charge is 0.490 e. The van der Waals surface area contributed by atoms with Gasteiger partial charge in [0.2, 0.25) is 0 Å². The summed E-state index contributed by atoms with van der Waals surface area (Å²) < 4.78 is 0. The Morgan fingerprint density at radius 2 is 1.54 bits per heavy atom. The molecule has 0 aliphatic carbocycles. The van der Waals surface area contributed by atoms with Crippen LogP contribution in [0, 0.1) is 0 Å². The topological polar surface area (TPSA) is 40.5 Å². The van der Waals surface area contributed by atoms with E-state index in [4.69, 9.17) is 0 Å². The second-order valence-corrected chi connectivity index (χ2v) is 4.15. The van der Waals surface area contributed by atoms with Crippen LogP contribution in [0.2, 0.25) is 0 Å². The van der Waals surface area contributed by atoms with Gasteiger partial charge in [-0.25, -0.2) is 0 Å². The first-order valence-electron chi connectivity index (χ1n) is 3.77. The van der Waals surface area contributed by atoms with Gasteiger partial charge in [-0.3, -0.25) is 0 Å². The number of hydrogen-bond acceptors (Lipinski definition) is 4. The Hall–Kier alpha value is -0.0951. The predicted octanol–water partition coefficient (Wildman–Crippen LogP) is 0.810. The average molecular weight is 214 g/mol. The third-order valence-electron chi connectivity index (χ3n) is 1.72. The Morgan fingerprint density at radius 3 is 1.85 bits per heavy atom. The summed E-state index contributed by atoms with van der Waals surface area (Å²) in [5.74, 6) is 0. The molecule has 1 aromatic rings. The predicted molar refractivity (Wildman–Crippen MR) is 59.8 cm³/mol. The van der Waals surface area contributed by atoms with Gasteiger partial charge in [0.15, 0.2) is 0 Å². The van der Waals surface area contributed by atoms with Crippen molar-refractivity contribution in [3.63, 3.8) is 0 Å². The smallest absolute Gasteiger partial charge is 0.423 e. The maximum Gasteiger partial charge on any atom is 0.490 e. The summed E-state index contributed by atoms with van der Waals surface area (Å²) in [6.07, 6.45) is 3.84. The van der Waals surface area contributed by atoms with Gasteiger partial charge in [0.1, 0.15) is 0 Å². The molecule has 1 aromatic carbocycles. The van der Waals surface area contributed by atoms with E-state index < -0.39 is 7.12 Å². The number of benzene rings is 1. The van der Waals surface area contributed by atoms with Crippen LogP contribution in [0.1, 0.15) is 0 Å². The van der Waals surface area contributed by atoms with Crippen LogP contribution in [-0.2, 0) is 0 Å². The molecule has 0 saturated carbocycles. The summed E-state index contributed by atoms with van der Waals surface area (Å²) in [7, 11) is -1.38. The highest BCUT2D eigenvalue weighted by Gasteiger charge is 2.19. The standard InChI is InChI=1S/C8H11BO2S2/c1-12-6-4-3-5-7(13-2)8(6)9(10)11/h3-5,10-11H,1-2H3. The van der Waals surface area contributed by atoms with Crippen LogP contribution in [0.4, 0.5) is 0 Å². The fourth-order valence-electron chi connectivity index (χ4n) is 1.13. The van der Waals surface area contributed by atoms with Gasteiger partial charge < -0.3 is 10.0 Å². The van der Waals surface area contributed by atoms with Gasteiger partial charge in [0, 0.05) is 15.3 Å². The van der Waals surface area contributed by atoms with E-state index in [1.807, 2.05) is 30.7 Å². The second-order valence-electron chi connectivity index (χ2n) is 2.45. The molecule has 0 aromatic heterocycles. The first-order valence-corrected chi connectivity index (χ1v) is 6.22. The van der Waals surface area contributed by atoms with Gasteiger partial charge in [-0.2, -0.15) is 0 Å². The summed E-state index contributed by atoms with van der Waals surface area (Å²) in [5, 5.41) is 18.4. The molecule has 0 aliphatic heterocycles. The molecule has 1 rings (SSSR count). The molecule has 0 unspecified atom stereocenters. The molecule has 0 amide bonds. The molecule has 0 heterocycles. The van der Waals surface area contributed by atoms with Gasteiger partial charge in [0.25, 0.3) is 0 Å². The molecular formula is C8H11BO2S2. The van der Waals surface area contributed by atoms with E-state index in [0.29, 0.717) is 5.46 Å². The minimum absolute atomic E-state index is 0.613. The molecule has 0 aliphatic rings. The molecular weight excluding hydrogens is 203 g/mol. The monoisotopic (exact) mass is 214 g/mol. The van der Waals surface area contributed by atoms with E-state index in [-0.39, 0.29) is 0 Å². The molecule has 2 N–H and O–H groups in total. The van der Waals surface area contributed by atoms with Gasteiger partial charge in [-0.1, -0.05) is 6.07 Å². The van der Waals surface area contributed by atoms with Crippen molar-refractivity contribution in [2.45, 2.75) is 9.79 Å². The van der Waals surface area contributed by atoms with Crippen LogP contribution in [0.25, 0.3) is 0 Å². The lowest BCUT2D eigenvalue weighted by Crippen LogP contribution is -2.33. The van der Waals surface area contributed by atoms with E-state index in [2.05, 4.69) is 0 Å². The molecule has 0 atom stereocenters. The summed E-state index contributed by atoms with van der Waals surface area (Å²) in [4.78, 5) is 1.84. The highest BCUT2D eigenvalue weighted by molar-refractivity contribution is 7.99. The minimum Gasteiger partial charge on any atom is -0.423 e. The summed E-state index contributed by atoms with van der Waals surface area (Å²) in [6.45, 7) is 0. The van der Waals surface area contributed by atoms with E-state index in [1.54, 1.807) is 0 Å². The van der Waals surface area contributed by atoms with Crippen LogP contribution in [0.5, 0.6) is 0 Å². The van der Waals surface area contributed by atoms with Gasteiger partial charge in [-0.15, -0.1) is 23.5 Å². The van der Waals surface area contributed by atoms with Crippen molar-refractivity contribution in [2.24, 2.45) is 0 Å². The fraction of sp³-hybridized carbons (Fsp3) is 0.250. The first-order chi connectivity index (χ1) is 6.20. The molecule has 0 fully saturated rings. The quantitative estimate of drug-likeness (QED) is 0.577. The van der Waals surface area contributed by atoms with Crippen LogP contribution < -0.4 is 5.46 Å². The van der Waals surface area contributed by atoms with E-state index in [0.717, 1.165) is 9.79 Å². The van der Waals surface area contributed by atoms with Crippen LogP contribution in [0.15, 0.2) is 28.0 Å². The van der Waals surface area contributed by atoms with Gasteiger partial charge in [-0.05, 0) is 24.6 Å². The third-order valence-corrected chi connectivity index (χ3v) is 3.32. The SMILES string of the molecule is CSc1cccc(SC)c1B(O)O. The van der Waals surface area contributed by atoms with Crippen molar-refractivity contribution in [3.8, 4) is 0 Å². The Labute approximate surface area is 86.9 Å². The summed E-state index contributed by atoms with van der Waals surface area (Å²) >= 11 is 3.04. The minimum atomic E-state index is -1.38. The van der Waals surface area contributed by atoms with Crippen LogP contribution in [-0.4, -0.2) is 29.7 Å². The summed E-state index contributed by atoms with van der Waals surface area (Å²) in [5.41, 5.74) is 0.613. The zero-order valence-corrected chi connectivity index (χ0v) is 9.15. The van der Waals surface area contributed by atoms with Crippen molar-refractivity contribution in [3.05, 3.63) is 18.2 Å². The van der Waals surface area contributed by atoms with Crippen molar-refractivity contribution < 1.29 is 10.0 Å².